The van der Waals surface area contributed by atoms with Crippen molar-refractivity contribution in [2.24, 2.45) is 0 Å². The molecule has 2 heterocycles. The van der Waals surface area contributed by atoms with Gasteiger partial charge in [-0.25, -0.2) is 9.67 Å². The highest BCUT2D eigenvalue weighted by atomic mass is 79.9. The third-order valence-electron chi connectivity index (χ3n) is 4.01. The zero-order chi connectivity index (χ0) is 18.3. The molecule has 130 valence electrons. The number of thiazole rings is 1. The smallest absolute Gasteiger partial charge is 0.279 e. The van der Waals surface area contributed by atoms with Crippen molar-refractivity contribution < 1.29 is 4.79 Å². The number of nitrogens with one attached hydrogen (secondary N) is 1. The lowest BCUT2D eigenvalue weighted by Crippen LogP contribution is -2.14. The normalized spacial score (nSPS) is 11.0. The molecular weight excluding hydrogens is 414 g/mol. The fraction of sp³-hybridized carbons (Fsp3) is 0.111. The summed E-state index contributed by atoms with van der Waals surface area (Å²) in [6.07, 6.45) is 0. The van der Waals surface area contributed by atoms with E-state index < -0.39 is 0 Å². The second-order valence-electron chi connectivity index (χ2n) is 5.81. The zero-order valence-corrected chi connectivity index (χ0v) is 16.4. The number of aryl methyl sites for hydroxylation is 1. The van der Waals surface area contributed by atoms with Crippen molar-refractivity contribution in [3.05, 3.63) is 63.9 Å². The number of amides is 1. The summed E-state index contributed by atoms with van der Waals surface area (Å²) in [7, 11) is 0. The summed E-state index contributed by atoms with van der Waals surface area (Å²) in [4.78, 5) is 17.1. The number of hydrogen-bond acceptors (Lipinski definition) is 5. The molecule has 6 nitrogen and oxygen atoms in total. The lowest BCUT2D eigenvalue weighted by molar-refractivity contribution is 0.102. The Morgan fingerprint density at radius 2 is 2.00 bits per heavy atom. The van der Waals surface area contributed by atoms with Gasteiger partial charge in [-0.3, -0.25) is 10.1 Å². The van der Waals surface area contributed by atoms with Gasteiger partial charge in [-0.2, -0.15) is 0 Å². The number of fused-ring (bicyclic) bond motifs is 1. The number of benzene rings is 2. The summed E-state index contributed by atoms with van der Waals surface area (Å²) in [5.41, 5.74) is 3.74. The summed E-state index contributed by atoms with van der Waals surface area (Å²) in [6.45, 7) is 3.82. The summed E-state index contributed by atoms with van der Waals surface area (Å²) >= 11 is 4.88. The highest BCUT2D eigenvalue weighted by Gasteiger charge is 2.19. The Morgan fingerprint density at radius 3 is 2.77 bits per heavy atom. The first-order valence-corrected chi connectivity index (χ1v) is 9.49. The minimum absolute atomic E-state index is 0.284. The van der Waals surface area contributed by atoms with E-state index in [1.54, 1.807) is 4.68 Å². The van der Waals surface area contributed by atoms with Gasteiger partial charge in [-0.15, -0.1) is 5.10 Å². The predicted octanol–water partition coefficient (Wildman–Crippen LogP) is 4.51. The van der Waals surface area contributed by atoms with Gasteiger partial charge in [0, 0.05) is 4.47 Å². The van der Waals surface area contributed by atoms with Gasteiger partial charge in [-0.1, -0.05) is 44.6 Å². The topological polar surface area (TPSA) is 72.7 Å². The molecule has 0 atom stereocenters. The molecule has 0 aliphatic carbocycles. The van der Waals surface area contributed by atoms with Crippen LogP contribution in [0.3, 0.4) is 0 Å². The maximum atomic E-state index is 12.6. The molecule has 4 rings (SSSR count). The Bertz CT molecular complexity index is 1100. The van der Waals surface area contributed by atoms with Gasteiger partial charge in [0.05, 0.1) is 21.6 Å². The molecule has 2 aromatic carbocycles. The number of halogens is 1. The van der Waals surface area contributed by atoms with Crippen LogP contribution in [0.15, 0.2) is 46.9 Å². The Hall–Kier alpha value is -2.58. The Morgan fingerprint density at radius 1 is 1.19 bits per heavy atom. The second-order valence-corrected chi connectivity index (χ2v) is 7.75. The number of rotatable bonds is 3. The largest absolute Gasteiger partial charge is 0.296 e. The molecule has 0 unspecified atom stereocenters. The summed E-state index contributed by atoms with van der Waals surface area (Å²) in [5.74, 6) is -0.317. The number of carbonyl (C=O) groups is 1. The molecule has 0 fully saturated rings. The maximum Gasteiger partial charge on any atom is 0.279 e. The number of para-hydroxylation sites is 1. The van der Waals surface area contributed by atoms with E-state index in [0.717, 1.165) is 25.9 Å². The standard InChI is InChI=1S/C18H14BrN5OS/c1-10-9-12(19)7-8-14(10)24-11(2)16(22-23-24)17(25)21-18-20-13-5-3-4-6-15(13)26-18/h3-9H,1-2H3,(H,20,21,25). The van der Waals surface area contributed by atoms with Crippen LogP contribution in [-0.2, 0) is 0 Å². The molecule has 0 bridgehead atoms. The van der Waals surface area contributed by atoms with Gasteiger partial charge in [0.15, 0.2) is 10.8 Å². The number of carbonyl (C=O) groups excluding carboxylic acids is 1. The zero-order valence-electron chi connectivity index (χ0n) is 14.0. The molecule has 4 aromatic rings. The van der Waals surface area contributed by atoms with Crippen LogP contribution >= 0.6 is 27.3 Å². The first-order valence-electron chi connectivity index (χ1n) is 7.88. The highest BCUT2D eigenvalue weighted by molar-refractivity contribution is 9.10. The van der Waals surface area contributed by atoms with E-state index in [2.05, 4.69) is 36.5 Å². The SMILES string of the molecule is Cc1cc(Br)ccc1-n1nnc(C(=O)Nc2nc3ccccc3s2)c1C. The van der Waals surface area contributed by atoms with Gasteiger partial charge < -0.3 is 0 Å². The maximum absolute atomic E-state index is 12.6. The summed E-state index contributed by atoms with van der Waals surface area (Å²) in [6, 6.07) is 13.6. The number of hydrogen-bond donors (Lipinski definition) is 1. The molecule has 1 amide bonds. The van der Waals surface area contributed by atoms with Crippen molar-refractivity contribution in [2.45, 2.75) is 13.8 Å². The predicted molar refractivity (Wildman–Crippen MR) is 106 cm³/mol. The van der Waals surface area contributed by atoms with Crippen molar-refractivity contribution in [3.8, 4) is 5.69 Å². The van der Waals surface area contributed by atoms with Crippen LogP contribution < -0.4 is 5.32 Å². The van der Waals surface area contributed by atoms with Crippen LogP contribution in [0.2, 0.25) is 0 Å². The second kappa shape index (κ2) is 6.62. The molecule has 0 aliphatic heterocycles. The van der Waals surface area contributed by atoms with Crippen LogP contribution in [0.25, 0.3) is 15.9 Å². The Labute approximate surface area is 162 Å². The lowest BCUT2D eigenvalue weighted by atomic mass is 10.2. The van der Waals surface area contributed by atoms with Crippen LogP contribution in [0, 0.1) is 13.8 Å². The van der Waals surface area contributed by atoms with Crippen molar-refractivity contribution in [1.82, 2.24) is 20.0 Å². The van der Waals surface area contributed by atoms with Crippen LogP contribution in [0.4, 0.5) is 5.13 Å². The first-order chi connectivity index (χ1) is 12.5. The van der Waals surface area contributed by atoms with Crippen LogP contribution in [0.5, 0.6) is 0 Å². The molecule has 0 saturated heterocycles. The third-order valence-corrected chi connectivity index (χ3v) is 5.46. The van der Waals surface area contributed by atoms with Crippen LogP contribution in [-0.4, -0.2) is 25.9 Å². The Balaban J connectivity index is 1.63. The molecule has 2 aromatic heterocycles. The minimum atomic E-state index is -0.317. The van der Waals surface area contributed by atoms with E-state index >= 15 is 0 Å². The van der Waals surface area contributed by atoms with E-state index in [0.29, 0.717) is 10.8 Å². The van der Waals surface area contributed by atoms with E-state index in [9.17, 15) is 4.79 Å². The lowest BCUT2D eigenvalue weighted by Gasteiger charge is -2.07. The van der Waals surface area contributed by atoms with Crippen molar-refractivity contribution >= 4 is 48.5 Å². The van der Waals surface area contributed by atoms with Gasteiger partial charge in [0.1, 0.15) is 0 Å². The molecule has 1 N–H and O–H groups in total. The minimum Gasteiger partial charge on any atom is -0.296 e. The molecule has 26 heavy (non-hydrogen) atoms. The van der Waals surface area contributed by atoms with E-state index in [-0.39, 0.29) is 11.6 Å². The van der Waals surface area contributed by atoms with Crippen LogP contribution in [0.1, 0.15) is 21.7 Å². The van der Waals surface area contributed by atoms with Crippen molar-refractivity contribution in [1.29, 1.82) is 0 Å². The quantitative estimate of drug-likeness (QED) is 0.521. The number of anilines is 1. The highest BCUT2D eigenvalue weighted by Crippen LogP contribution is 2.26. The van der Waals surface area contributed by atoms with Gasteiger partial charge in [0.2, 0.25) is 0 Å². The summed E-state index contributed by atoms with van der Waals surface area (Å²) < 4.78 is 3.69. The van der Waals surface area contributed by atoms with Gasteiger partial charge in [0.25, 0.3) is 5.91 Å². The first kappa shape index (κ1) is 16.9. The third kappa shape index (κ3) is 3.02. The number of aromatic nitrogens is 4. The Kier molecular flexibility index (Phi) is 4.29. The van der Waals surface area contributed by atoms with Gasteiger partial charge in [-0.05, 0) is 49.7 Å². The fourth-order valence-electron chi connectivity index (χ4n) is 2.71. The van der Waals surface area contributed by atoms with E-state index in [4.69, 9.17) is 0 Å². The molecular formula is C18H14BrN5OS. The number of nitrogens with zero attached hydrogens (tertiary/aromatic N) is 4. The monoisotopic (exact) mass is 427 g/mol. The summed E-state index contributed by atoms with van der Waals surface area (Å²) in [5, 5.41) is 11.6. The van der Waals surface area contributed by atoms with Gasteiger partial charge >= 0.3 is 0 Å². The fourth-order valence-corrected chi connectivity index (χ4v) is 4.04. The van der Waals surface area contributed by atoms with E-state index in [1.165, 1.54) is 11.3 Å². The molecule has 0 spiro atoms. The van der Waals surface area contributed by atoms with Crippen molar-refractivity contribution in [2.75, 3.05) is 5.32 Å². The average molecular weight is 428 g/mol. The van der Waals surface area contributed by atoms with Crippen molar-refractivity contribution in [3.63, 3.8) is 0 Å². The molecule has 8 heteroatoms. The molecule has 0 aliphatic rings. The molecule has 0 radical (unpaired) electrons. The molecule has 0 saturated carbocycles. The van der Waals surface area contributed by atoms with E-state index in [1.807, 2.05) is 56.3 Å². The average Bonchev–Trinajstić information content (AvgIpc) is 3.18.